The Bertz CT molecular complexity index is 236. The van der Waals surface area contributed by atoms with Gasteiger partial charge in [0.25, 0.3) is 6.47 Å². The molecule has 1 rings (SSSR count). The number of carbonyl (C=O) groups excluding carboxylic acids is 1. The zero-order valence-electron chi connectivity index (χ0n) is 7.64. The first-order valence-electron chi connectivity index (χ1n) is 4.02. The predicted molar refractivity (Wildman–Crippen MR) is 70.4 cm³/mol. The van der Waals surface area contributed by atoms with E-state index in [0.717, 1.165) is 0 Å². The van der Waals surface area contributed by atoms with E-state index in [1.165, 1.54) is 0 Å². The first-order chi connectivity index (χ1) is 6.23. The number of hydrogen-bond donors (Lipinski definition) is 0. The fraction of sp³-hybridized carbons (Fsp3) is 0.875. The summed E-state index contributed by atoms with van der Waals surface area (Å²) >= 11 is 13.9. The number of rotatable bonds is 3. The van der Waals surface area contributed by atoms with Crippen LogP contribution in [0.1, 0.15) is 13.8 Å². The fourth-order valence-electron chi connectivity index (χ4n) is 1.68. The largest absolute Gasteiger partial charge is 0.464 e. The Balaban J connectivity index is 2.68. The van der Waals surface area contributed by atoms with Crippen LogP contribution in [0.3, 0.4) is 0 Å². The summed E-state index contributed by atoms with van der Waals surface area (Å²) in [6, 6.07) is 0. The fourth-order valence-corrected chi connectivity index (χ4v) is 3.50. The summed E-state index contributed by atoms with van der Waals surface area (Å²) in [6.45, 7) is 4.68. The maximum Gasteiger partial charge on any atom is 0.293 e. The Hall–Kier alpha value is 1.39. The third-order valence-corrected chi connectivity index (χ3v) is 7.22. The van der Waals surface area contributed by atoms with Gasteiger partial charge >= 0.3 is 0 Å². The van der Waals surface area contributed by atoms with Crippen LogP contribution < -0.4 is 0 Å². The molecule has 0 aliphatic heterocycles. The van der Waals surface area contributed by atoms with Gasteiger partial charge in [-0.2, -0.15) is 0 Å². The van der Waals surface area contributed by atoms with Crippen molar-refractivity contribution in [3.05, 3.63) is 0 Å². The number of carbonyl (C=O) groups is 1. The van der Waals surface area contributed by atoms with Crippen LogP contribution in [0.5, 0.6) is 0 Å². The Labute approximate surface area is 117 Å². The lowest BCUT2D eigenvalue weighted by Crippen LogP contribution is -2.22. The van der Waals surface area contributed by atoms with Crippen LogP contribution >= 0.6 is 63.7 Å². The number of alkyl halides is 4. The van der Waals surface area contributed by atoms with Crippen molar-refractivity contribution in [2.24, 2.45) is 11.3 Å². The van der Waals surface area contributed by atoms with E-state index in [4.69, 9.17) is 4.74 Å². The molecule has 0 unspecified atom stereocenters. The van der Waals surface area contributed by atoms with Gasteiger partial charge in [-0.05, 0) is 0 Å². The van der Waals surface area contributed by atoms with Crippen LogP contribution in [0.2, 0.25) is 0 Å². The third kappa shape index (κ3) is 2.55. The predicted octanol–water partition coefficient (Wildman–Crippen LogP) is 3.79. The van der Waals surface area contributed by atoms with E-state index in [1.54, 1.807) is 0 Å². The van der Waals surface area contributed by atoms with Crippen molar-refractivity contribution < 1.29 is 9.53 Å². The van der Waals surface area contributed by atoms with Crippen LogP contribution in [-0.4, -0.2) is 19.5 Å². The lowest BCUT2D eigenvalue weighted by atomic mass is 10.1. The lowest BCUT2D eigenvalue weighted by Gasteiger charge is -2.20. The SMILES string of the molecule is CC1(C)[C@@H]([C@H](Br)C(Br)(Br)Br)[C@H]1OC=O. The maximum absolute atomic E-state index is 10.3. The normalized spacial score (nSPS) is 32.1. The molecule has 3 atom stereocenters. The second kappa shape index (κ2) is 4.34. The monoisotopic (exact) mass is 454 g/mol. The van der Waals surface area contributed by atoms with E-state index in [0.29, 0.717) is 6.47 Å². The zero-order valence-corrected chi connectivity index (χ0v) is 14.0. The van der Waals surface area contributed by atoms with Crippen LogP contribution in [0.25, 0.3) is 0 Å². The van der Waals surface area contributed by atoms with Gasteiger partial charge in [-0.3, -0.25) is 4.79 Å². The minimum atomic E-state index is -0.365. The quantitative estimate of drug-likeness (QED) is 0.476. The molecule has 0 saturated heterocycles. The van der Waals surface area contributed by atoms with Crippen molar-refractivity contribution in [3.8, 4) is 0 Å². The van der Waals surface area contributed by atoms with Gasteiger partial charge < -0.3 is 4.74 Å². The molecule has 0 amide bonds. The first-order valence-corrected chi connectivity index (χ1v) is 7.32. The van der Waals surface area contributed by atoms with E-state index >= 15 is 0 Å². The minimum absolute atomic E-state index is 0.0172. The van der Waals surface area contributed by atoms with Crippen molar-refractivity contribution >= 4 is 70.2 Å². The summed E-state index contributed by atoms with van der Waals surface area (Å²) in [6.07, 6.45) is -0.0172. The molecule has 0 heterocycles. The molecule has 0 aromatic carbocycles. The van der Waals surface area contributed by atoms with Gasteiger partial charge in [-0.1, -0.05) is 77.6 Å². The zero-order chi connectivity index (χ0) is 11.1. The van der Waals surface area contributed by atoms with E-state index in [-0.39, 0.29) is 24.4 Å². The van der Waals surface area contributed by atoms with Crippen LogP contribution in [0.4, 0.5) is 0 Å². The number of ether oxygens (including phenoxy) is 1. The van der Waals surface area contributed by atoms with Gasteiger partial charge in [0.05, 0.1) is 4.83 Å². The summed E-state index contributed by atoms with van der Waals surface area (Å²) in [5, 5.41) is 0. The molecule has 0 bridgehead atoms. The van der Waals surface area contributed by atoms with Crippen molar-refractivity contribution in [3.63, 3.8) is 0 Å². The molecule has 1 aliphatic rings. The number of halogens is 4. The highest BCUT2D eigenvalue weighted by Crippen LogP contribution is 2.62. The Kier molecular flexibility index (Phi) is 4.17. The van der Waals surface area contributed by atoms with Crippen molar-refractivity contribution in [1.29, 1.82) is 0 Å². The molecule has 0 N–H and O–H groups in total. The first kappa shape index (κ1) is 13.5. The van der Waals surface area contributed by atoms with Gasteiger partial charge in [0.15, 0.2) is 0 Å². The van der Waals surface area contributed by atoms with Crippen LogP contribution in [0.15, 0.2) is 0 Å². The van der Waals surface area contributed by atoms with Crippen molar-refractivity contribution in [2.45, 2.75) is 26.9 Å². The summed E-state index contributed by atoms with van der Waals surface area (Å²) in [4.78, 5) is 10.4. The van der Waals surface area contributed by atoms with Crippen LogP contribution in [0, 0.1) is 11.3 Å². The highest BCUT2D eigenvalue weighted by molar-refractivity contribution is 9.40. The Morgan fingerprint density at radius 1 is 1.43 bits per heavy atom. The number of hydrogen-bond acceptors (Lipinski definition) is 2. The molecule has 6 heteroatoms. The molecule has 0 spiro atoms. The molecule has 1 aliphatic carbocycles. The van der Waals surface area contributed by atoms with E-state index in [2.05, 4.69) is 77.6 Å². The topological polar surface area (TPSA) is 26.3 Å². The van der Waals surface area contributed by atoms with Crippen molar-refractivity contribution in [1.82, 2.24) is 0 Å². The molecule has 1 fully saturated rings. The van der Waals surface area contributed by atoms with Gasteiger partial charge in [0.2, 0.25) is 0 Å². The summed E-state index contributed by atoms with van der Waals surface area (Å²) in [5.41, 5.74) is 0.0234. The van der Waals surface area contributed by atoms with E-state index in [9.17, 15) is 4.79 Å². The second-order valence-electron chi connectivity index (χ2n) is 3.94. The molecule has 0 radical (unpaired) electrons. The highest BCUT2D eigenvalue weighted by Gasteiger charge is 2.65. The lowest BCUT2D eigenvalue weighted by molar-refractivity contribution is -0.131. The molecule has 0 aromatic heterocycles. The average Bonchev–Trinajstić information content (AvgIpc) is 2.51. The van der Waals surface area contributed by atoms with Gasteiger partial charge in [-0.25, -0.2) is 0 Å². The minimum Gasteiger partial charge on any atom is -0.464 e. The Morgan fingerprint density at radius 3 is 2.29 bits per heavy atom. The average molecular weight is 458 g/mol. The molecular weight excluding hydrogens is 448 g/mol. The molecule has 2 nitrogen and oxygen atoms in total. The van der Waals surface area contributed by atoms with Crippen molar-refractivity contribution in [2.75, 3.05) is 0 Å². The van der Waals surface area contributed by atoms with Gasteiger partial charge in [0.1, 0.15) is 8.25 Å². The maximum atomic E-state index is 10.3. The second-order valence-corrected chi connectivity index (χ2v) is 11.9. The smallest absolute Gasteiger partial charge is 0.293 e. The Morgan fingerprint density at radius 2 is 1.93 bits per heavy atom. The molecule has 1 saturated carbocycles. The van der Waals surface area contributed by atoms with Gasteiger partial charge in [0, 0.05) is 11.3 Å². The summed E-state index contributed by atoms with van der Waals surface area (Å²) < 4.78 is 4.66. The van der Waals surface area contributed by atoms with Crippen LogP contribution in [-0.2, 0) is 9.53 Å². The molecule has 82 valence electrons. The van der Waals surface area contributed by atoms with E-state index < -0.39 is 0 Å². The summed E-state index contributed by atoms with van der Waals surface area (Å²) in [7, 11) is 0. The molecule has 0 aromatic rings. The third-order valence-electron chi connectivity index (χ3n) is 2.64. The summed E-state index contributed by atoms with van der Waals surface area (Å²) in [5.74, 6) is 0.283. The highest BCUT2D eigenvalue weighted by atomic mass is 80.0. The molecule has 14 heavy (non-hydrogen) atoms. The van der Waals surface area contributed by atoms with E-state index in [1.807, 2.05) is 0 Å². The standard InChI is InChI=1S/C8H10Br4O2/c1-7(2)4(6(7)14-3-13)5(9)8(10,11)12/h3-6H,1-2H3/t4-,5-,6+/m0/s1. The molecular formula is C8H10Br4O2. The van der Waals surface area contributed by atoms with Gasteiger partial charge in [-0.15, -0.1) is 0 Å².